The zero-order valence-corrected chi connectivity index (χ0v) is 27.8. The SMILES string of the molecule is COc1c(C(C)(C)C)cc(S(=O)(=O)N2c3ccccc3C[C@H]2CNS(=O)(=O)CC[Si](C)(C)C)cc1C(C)(C)C. The highest BCUT2D eigenvalue weighted by Crippen LogP contribution is 2.43. The molecule has 1 N–H and O–H groups in total. The normalized spacial score (nSPS) is 16.9. The van der Waals surface area contributed by atoms with Crippen LogP contribution in [0.1, 0.15) is 58.2 Å². The molecule has 0 aliphatic carbocycles. The van der Waals surface area contributed by atoms with Gasteiger partial charge in [0.25, 0.3) is 10.0 Å². The number of fused-ring (bicyclic) bond motifs is 1. The van der Waals surface area contributed by atoms with E-state index in [2.05, 4.69) is 24.4 Å². The highest BCUT2D eigenvalue weighted by Gasteiger charge is 2.40. The van der Waals surface area contributed by atoms with Gasteiger partial charge in [0, 0.05) is 25.7 Å². The Morgan fingerprint density at radius 3 is 1.97 bits per heavy atom. The maximum atomic E-state index is 14.5. The van der Waals surface area contributed by atoms with Crippen molar-refractivity contribution in [3.63, 3.8) is 0 Å². The van der Waals surface area contributed by atoms with Crippen LogP contribution in [-0.2, 0) is 37.3 Å². The van der Waals surface area contributed by atoms with Gasteiger partial charge >= 0.3 is 0 Å². The molecule has 3 rings (SSSR count). The molecule has 1 heterocycles. The summed E-state index contributed by atoms with van der Waals surface area (Å²) in [4.78, 5) is 0.182. The van der Waals surface area contributed by atoms with Crippen LogP contribution >= 0.6 is 0 Å². The number of hydrogen-bond donors (Lipinski definition) is 1. The molecule has 0 unspecified atom stereocenters. The quantitative estimate of drug-likeness (QED) is 0.378. The van der Waals surface area contributed by atoms with Crippen LogP contribution in [0.4, 0.5) is 5.69 Å². The van der Waals surface area contributed by atoms with Crippen LogP contribution in [0, 0.1) is 0 Å². The van der Waals surface area contributed by atoms with Gasteiger partial charge in [-0.05, 0) is 47.1 Å². The zero-order valence-electron chi connectivity index (χ0n) is 25.2. The van der Waals surface area contributed by atoms with Crippen molar-refractivity contribution in [2.24, 2.45) is 0 Å². The first kappa shape index (κ1) is 31.6. The Bertz CT molecular complexity index is 1380. The Balaban J connectivity index is 2.11. The van der Waals surface area contributed by atoms with Crippen LogP contribution in [0.2, 0.25) is 25.7 Å². The third kappa shape index (κ3) is 7.26. The maximum Gasteiger partial charge on any atom is 0.264 e. The lowest BCUT2D eigenvalue weighted by Gasteiger charge is -2.32. The predicted octanol–water partition coefficient (Wildman–Crippen LogP) is 5.67. The first-order chi connectivity index (χ1) is 17.7. The summed E-state index contributed by atoms with van der Waals surface area (Å²) in [5.74, 6) is 0.750. The summed E-state index contributed by atoms with van der Waals surface area (Å²) < 4.78 is 64.6. The van der Waals surface area contributed by atoms with Gasteiger partial charge in [0.1, 0.15) is 5.75 Å². The van der Waals surface area contributed by atoms with Crippen LogP contribution in [0.15, 0.2) is 41.3 Å². The fraction of sp³-hybridized carbons (Fsp3) is 0.586. The van der Waals surface area contributed by atoms with Crippen LogP contribution in [0.3, 0.4) is 0 Å². The topological polar surface area (TPSA) is 92.8 Å². The third-order valence-corrected chi connectivity index (χ3v) is 12.4. The molecule has 0 fully saturated rings. The average molecular weight is 595 g/mol. The number of para-hydroxylation sites is 1. The van der Waals surface area contributed by atoms with Crippen LogP contribution in [-0.4, -0.2) is 50.4 Å². The molecule has 0 amide bonds. The van der Waals surface area contributed by atoms with E-state index < -0.39 is 34.2 Å². The number of hydrogen-bond acceptors (Lipinski definition) is 5. The van der Waals surface area contributed by atoms with Crippen LogP contribution < -0.4 is 13.8 Å². The van der Waals surface area contributed by atoms with E-state index >= 15 is 0 Å². The highest BCUT2D eigenvalue weighted by atomic mass is 32.2. The summed E-state index contributed by atoms with van der Waals surface area (Å²) in [6, 6.07) is 10.9. The van der Waals surface area contributed by atoms with E-state index in [0.717, 1.165) is 16.7 Å². The molecule has 0 radical (unpaired) electrons. The van der Waals surface area contributed by atoms with Gasteiger partial charge in [-0.1, -0.05) is 79.4 Å². The number of methoxy groups -OCH3 is 1. The van der Waals surface area contributed by atoms with E-state index in [9.17, 15) is 16.8 Å². The summed E-state index contributed by atoms with van der Waals surface area (Å²) in [6.45, 7) is 18.6. The molecule has 0 bridgehead atoms. The first-order valence-corrected chi connectivity index (χ1v) is 20.3. The highest BCUT2D eigenvalue weighted by molar-refractivity contribution is 7.93. The molecule has 2 aromatic rings. The summed E-state index contributed by atoms with van der Waals surface area (Å²) >= 11 is 0. The zero-order chi connectivity index (χ0) is 29.6. The number of anilines is 1. The van der Waals surface area contributed by atoms with E-state index in [-0.39, 0.29) is 28.0 Å². The van der Waals surface area contributed by atoms with Crippen LogP contribution in [0.5, 0.6) is 5.75 Å². The molecule has 1 aliphatic heterocycles. The van der Waals surface area contributed by atoms with Gasteiger partial charge in [0.15, 0.2) is 0 Å². The minimum Gasteiger partial charge on any atom is -0.496 e. The predicted molar refractivity (Wildman–Crippen MR) is 164 cm³/mol. The fourth-order valence-corrected chi connectivity index (χ4v) is 10.7. The van der Waals surface area contributed by atoms with Gasteiger partial charge in [0.2, 0.25) is 10.0 Å². The minimum atomic E-state index is -4.05. The van der Waals surface area contributed by atoms with Gasteiger partial charge in [-0.25, -0.2) is 21.6 Å². The summed E-state index contributed by atoms with van der Waals surface area (Å²) in [7, 11) is -7.52. The first-order valence-electron chi connectivity index (χ1n) is 13.5. The van der Waals surface area contributed by atoms with Gasteiger partial charge in [-0.2, -0.15) is 0 Å². The second-order valence-electron chi connectivity index (χ2n) is 13.8. The Morgan fingerprint density at radius 1 is 0.949 bits per heavy atom. The number of nitrogens with one attached hydrogen (secondary N) is 1. The molecule has 1 atom stereocenters. The lowest BCUT2D eigenvalue weighted by Crippen LogP contribution is -2.46. The molecule has 0 saturated heterocycles. The van der Waals surface area contributed by atoms with Gasteiger partial charge < -0.3 is 4.74 Å². The van der Waals surface area contributed by atoms with E-state index in [4.69, 9.17) is 4.74 Å². The standard InChI is InChI=1S/C29H46N2O5S2Si/c1-28(2,3)24-18-23(19-25(27(24)36-7)29(4,5)6)38(34,35)31-22(17-21-13-11-12-14-26(21)31)20-30-37(32,33)15-16-39(8,9)10/h11-14,18-19,22,30H,15-17,20H2,1-10H3/t22-/m0/s1. The van der Waals surface area contributed by atoms with Gasteiger partial charge in [-0.3, -0.25) is 4.31 Å². The Labute approximate surface area is 237 Å². The molecule has 7 nitrogen and oxygen atoms in total. The van der Waals surface area contributed by atoms with E-state index in [1.54, 1.807) is 25.3 Å². The van der Waals surface area contributed by atoms with E-state index in [1.807, 2.05) is 59.7 Å². The third-order valence-electron chi connectivity index (χ3n) is 7.12. The van der Waals surface area contributed by atoms with Crippen molar-refractivity contribution in [1.82, 2.24) is 4.72 Å². The Kier molecular flexibility index (Phi) is 8.79. The summed E-state index contributed by atoms with van der Waals surface area (Å²) in [5, 5.41) is 0. The second kappa shape index (κ2) is 10.8. The molecular formula is C29H46N2O5S2Si. The number of rotatable bonds is 9. The minimum absolute atomic E-state index is 0.0103. The Morgan fingerprint density at radius 2 is 1.49 bits per heavy atom. The molecule has 10 heteroatoms. The molecular weight excluding hydrogens is 549 g/mol. The molecule has 0 saturated carbocycles. The number of benzene rings is 2. The second-order valence-corrected chi connectivity index (χ2v) is 23.2. The summed E-state index contributed by atoms with van der Waals surface area (Å²) in [6.07, 6.45) is 0.431. The van der Waals surface area contributed by atoms with Crippen molar-refractivity contribution in [3.05, 3.63) is 53.1 Å². The monoisotopic (exact) mass is 594 g/mol. The van der Waals surface area contributed by atoms with Crippen molar-refractivity contribution in [1.29, 1.82) is 0 Å². The molecule has 2 aromatic carbocycles. The van der Waals surface area contributed by atoms with Crippen molar-refractivity contribution < 1.29 is 21.6 Å². The average Bonchev–Trinajstić information content (AvgIpc) is 3.18. The van der Waals surface area contributed by atoms with Crippen molar-refractivity contribution in [3.8, 4) is 5.75 Å². The lowest BCUT2D eigenvalue weighted by molar-refractivity contribution is 0.380. The lowest BCUT2D eigenvalue weighted by atomic mass is 9.79. The maximum absolute atomic E-state index is 14.5. The molecule has 0 spiro atoms. The Hall–Kier alpha value is -1.88. The van der Waals surface area contributed by atoms with Crippen LogP contribution in [0.25, 0.3) is 0 Å². The van der Waals surface area contributed by atoms with Crippen molar-refractivity contribution >= 4 is 33.8 Å². The number of nitrogens with zero attached hydrogens (tertiary/aromatic N) is 1. The smallest absolute Gasteiger partial charge is 0.264 e. The molecule has 1 aliphatic rings. The molecule has 218 valence electrons. The molecule has 39 heavy (non-hydrogen) atoms. The van der Waals surface area contributed by atoms with Gasteiger partial charge in [0.05, 0.1) is 29.5 Å². The summed E-state index contributed by atoms with van der Waals surface area (Å²) in [5.41, 5.74) is 2.36. The number of ether oxygens (including phenoxy) is 1. The van der Waals surface area contributed by atoms with E-state index in [0.29, 0.717) is 23.9 Å². The van der Waals surface area contributed by atoms with Gasteiger partial charge in [-0.15, -0.1) is 0 Å². The number of sulfonamides is 2. The van der Waals surface area contributed by atoms with E-state index in [1.165, 1.54) is 4.31 Å². The fourth-order valence-electron chi connectivity index (χ4n) is 4.85. The largest absolute Gasteiger partial charge is 0.496 e. The molecule has 0 aromatic heterocycles. The van der Waals surface area contributed by atoms with Crippen molar-refractivity contribution in [2.75, 3.05) is 23.7 Å². The van der Waals surface area contributed by atoms with Crippen molar-refractivity contribution in [2.45, 2.75) is 95.4 Å².